The van der Waals surface area contributed by atoms with Crippen LogP contribution in [0, 0.1) is 0 Å². The summed E-state index contributed by atoms with van der Waals surface area (Å²) in [5.41, 5.74) is 1.73. The smallest absolute Gasteiger partial charge is 0.257 e. The first-order valence-electron chi connectivity index (χ1n) is 4.38. The third kappa shape index (κ3) is 2.04. The zero-order chi connectivity index (χ0) is 9.97. The first-order valence-corrected chi connectivity index (χ1v) is 5.79. The van der Waals surface area contributed by atoms with Gasteiger partial charge in [0.2, 0.25) is 0 Å². The molecule has 4 heteroatoms. The van der Waals surface area contributed by atoms with Crippen LogP contribution in [0.5, 0.6) is 0 Å². The first-order chi connectivity index (χ1) is 6.79. The molecule has 1 atom stereocenters. The number of rotatable bonds is 3. The fourth-order valence-corrected chi connectivity index (χ4v) is 1.99. The third-order valence-electron chi connectivity index (χ3n) is 1.79. The predicted molar refractivity (Wildman–Crippen MR) is 60.0 cm³/mol. The van der Waals surface area contributed by atoms with Crippen molar-refractivity contribution in [3.8, 4) is 0 Å². The highest BCUT2D eigenvalue weighted by Gasteiger charge is 2.09. The van der Waals surface area contributed by atoms with Gasteiger partial charge in [0.25, 0.3) is 5.22 Å². The monoisotopic (exact) mass is 227 g/mol. The van der Waals surface area contributed by atoms with E-state index in [0.29, 0.717) is 16.4 Å². The molecule has 2 rings (SSSR count). The summed E-state index contributed by atoms with van der Waals surface area (Å²) in [6, 6.07) is 7.74. The lowest BCUT2D eigenvalue weighted by Crippen LogP contribution is -1.95. The van der Waals surface area contributed by atoms with Crippen LogP contribution in [-0.4, -0.2) is 16.1 Å². The van der Waals surface area contributed by atoms with E-state index in [2.05, 4.69) is 4.98 Å². The topological polar surface area (TPSA) is 26.0 Å². The molecule has 0 aliphatic carbocycles. The number of para-hydroxylation sites is 2. The van der Waals surface area contributed by atoms with Crippen molar-refractivity contribution < 1.29 is 4.42 Å². The third-order valence-corrected chi connectivity index (χ3v) is 3.38. The van der Waals surface area contributed by atoms with Gasteiger partial charge in [0.05, 0.1) is 0 Å². The molecule has 1 heterocycles. The molecule has 2 nitrogen and oxygen atoms in total. The highest BCUT2D eigenvalue weighted by atomic mass is 35.5. The number of aromatic nitrogens is 1. The number of halogens is 1. The highest BCUT2D eigenvalue weighted by Crippen LogP contribution is 2.26. The van der Waals surface area contributed by atoms with Crippen LogP contribution < -0.4 is 0 Å². The van der Waals surface area contributed by atoms with Crippen LogP contribution in [0.15, 0.2) is 33.9 Å². The molecule has 0 radical (unpaired) electrons. The van der Waals surface area contributed by atoms with Gasteiger partial charge < -0.3 is 4.42 Å². The molecule has 1 unspecified atom stereocenters. The van der Waals surface area contributed by atoms with Gasteiger partial charge in [-0.3, -0.25) is 0 Å². The molecular weight excluding hydrogens is 218 g/mol. The highest BCUT2D eigenvalue weighted by molar-refractivity contribution is 7.99. The van der Waals surface area contributed by atoms with Crippen molar-refractivity contribution in [1.29, 1.82) is 0 Å². The number of thioether (sulfide) groups is 1. The molecule has 1 aromatic heterocycles. The molecule has 0 saturated heterocycles. The maximum Gasteiger partial charge on any atom is 0.257 e. The van der Waals surface area contributed by atoms with Crippen LogP contribution in [0.1, 0.15) is 6.92 Å². The molecule has 0 bridgehead atoms. The summed E-state index contributed by atoms with van der Waals surface area (Å²) in [7, 11) is 0. The van der Waals surface area contributed by atoms with E-state index in [9.17, 15) is 0 Å². The van der Waals surface area contributed by atoms with Crippen LogP contribution >= 0.6 is 23.4 Å². The second-order valence-electron chi connectivity index (χ2n) is 3.03. The second kappa shape index (κ2) is 4.24. The first kappa shape index (κ1) is 9.87. The molecular formula is C10H10ClNOS. The van der Waals surface area contributed by atoms with Crippen molar-refractivity contribution in [3.63, 3.8) is 0 Å². The largest absolute Gasteiger partial charge is 0.431 e. The minimum atomic E-state index is 0.324. The lowest BCUT2D eigenvalue weighted by atomic mass is 10.3. The molecule has 2 aromatic rings. The maximum atomic E-state index is 5.71. The Balaban J connectivity index is 2.27. The average molecular weight is 228 g/mol. The fraction of sp³-hybridized carbons (Fsp3) is 0.300. The van der Waals surface area contributed by atoms with Gasteiger partial charge >= 0.3 is 0 Å². The van der Waals surface area contributed by atoms with E-state index < -0.39 is 0 Å². The normalized spacial score (nSPS) is 13.3. The van der Waals surface area contributed by atoms with E-state index in [1.165, 1.54) is 0 Å². The standard InChI is InChI=1S/C10H10ClNOS/c1-7(6-11)14-10-12-8-4-2-3-5-9(8)13-10/h2-5,7H,6H2,1H3. The fourth-order valence-electron chi connectivity index (χ4n) is 1.11. The number of fused-ring (bicyclic) bond motifs is 1. The van der Waals surface area contributed by atoms with Gasteiger partial charge in [0.15, 0.2) is 5.58 Å². The van der Waals surface area contributed by atoms with Gasteiger partial charge in [-0.2, -0.15) is 0 Å². The minimum Gasteiger partial charge on any atom is -0.431 e. The predicted octanol–water partition coefficient (Wildman–Crippen LogP) is 3.55. The van der Waals surface area contributed by atoms with Gasteiger partial charge in [-0.1, -0.05) is 30.8 Å². The van der Waals surface area contributed by atoms with Crippen LogP contribution in [0.4, 0.5) is 0 Å². The molecule has 0 aliphatic rings. The minimum absolute atomic E-state index is 0.324. The van der Waals surface area contributed by atoms with Gasteiger partial charge in [-0.05, 0) is 12.1 Å². The van der Waals surface area contributed by atoms with E-state index in [0.717, 1.165) is 11.1 Å². The summed E-state index contributed by atoms with van der Waals surface area (Å²) in [5, 5.41) is 1.02. The molecule has 0 saturated carbocycles. The van der Waals surface area contributed by atoms with Crippen molar-refractivity contribution in [1.82, 2.24) is 4.98 Å². The maximum absolute atomic E-state index is 5.71. The van der Waals surface area contributed by atoms with Crippen LogP contribution in [0.25, 0.3) is 11.1 Å². The van der Waals surface area contributed by atoms with Crippen molar-refractivity contribution >= 4 is 34.5 Å². The zero-order valence-corrected chi connectivity index (χ0v) is 9.31. The number of alkyl halides is 1. The molecule has 14 heavy (non-hydrogen) atoms. The Morgan fingerprint density at radius 1 is 1.50 bits per heavy atom. The Kier molecular flexibility index (Phi) is 2.99. The number of benzene rings is 1. The van der Waals surface area contributed by atoms with E-state index in [1.807, 2.05) is 31.2 Å². The summed E-state index contributed by atoms with van der Waals surface area (Å²) >= 11 is 7.27. The Morgan fingerprint density at radius 3 is 3.00 bits per heavy atom. The number of nitrogens with zero attached hydrogens (tertiary/aromatic N) is 1. The molecule has 0 fully saturated rings. The van der Waals surface area contributed by atoms with Crippen LogP contribution in [0.3, 0.4) is 0 Å². The van der Waals surface area contributed by atoms with Gasteiger partial charge in [-0.25, -0.2) is 4.98 Å². The van der Waals surface area contributed by atoms with E-state index >= 15 is 0 Å². The second-order valence-corrected chi connectivity index (χ2v) is 4.73. The number of hydrogen-bond donors (Lipinski definition) is 0. The van der Waals surface area contributed by atoms with E-state index in [4.69, 9.17) is 16.0 Å². The molecule has 0 spiro atoms. The molecule has 1 aromatic carbocycles. The SMILES string of the molecule is CC(CCl)Sc1nc2ccccc2o1. The Morgan fingerprint density at radius 2 is 2.29 bits per heavy atom. The average Bonchev–Trinajstić information content (AvgIpc) is 2.59. The molecule has 0 amide bonds. The summed E-state index contributed by atoms with van der Waals surface area (Å²) in [6.45, 7) is 2.05. The number of oxazole rings is 1. The lowest BCUT2D eigenvalue weighted by Gasteiger charge is -2.00. The quantitative estimate of drug-likeness (QED) is 0.593. The summed E-state index contributed by atoms with van der Waals surface area (Å²) in [4.78, 5) is 4.34. The van der Waals surface area contributed by atoms with Crippen molar-refractivity contribution in [3.05, 3.63) is 24.3 Å². The molecule has 0 aliphatic heterocycles. The Bertz CT molecular complexity index is 396. The molecule has 74 valence electrons. The Hall–Kier alpha value is -0.670. The van der Waals surface area contributed by atoms with Crippen molar-refractivity contribution in [2.45, 2.75) is 17.4 Å². The van der Waals surface area contributed by atoms with Crippen LogP contribution in [0.2, 0.25) is 0 Å². The van der Waals surface area contributed by atoms with E-state index in [-0.39, 0.29) is 0 Å². The van der Waals surface area contributed by atoms with Gasteiger partial charge in [0.1, 0.15) is 5.52 Å². The van der Waals surface area contributed by atoms with E-state index in [1.54, 1.807) is 11.8 Å². The van der Waals surface area contributed by atoms with Crippen LogP contribution in [-0.2, 0) is 0 Å². The lowest BCUT2D eigenvalue weighted by molar-refractivity contribution is 0.488. The Labute approximate surface area is 91.6 Å². The van der Waals surface area contributed by atoms with Gasteiger partial charge in [0, 0.05) is 11.1 Å². The van der Waals surface area contributed by atoms with Crippen molar-refractivity contribution in [2.24, 2.45) is 0 Å². The molecule has 0 N–H and O–H groups in total. The summed E-state index contributed by atoms with van der Waals surface area (Å²) in [6.07, 6.45) is 0. The summed E-state index contributed by atoms with van der Waals surface area (Å²) < 4.78 is 5.53. The van der Waals surface area contributed by atoms with Gasteiger partial charge in [-0.15, -0.1) is 11.6 Å². The number of hydrogen-bond acceptors (Lipinski definition) is 3. The van der Waals surface area contributed by atoms with Crippen molar-refractivity contribution in [2.75, 3.05) is 5.88 Å². The zero-order valence-electron chi connectivity index (χ0n) is 7.74. The summed E-state index contributed by atoms with van der Waals surface area (Å²) in [5.74, 6) is 0.601.